The second-order valence-electron chi connectivity index (χ2n) is 7.96. The first-order valence-electron chi connectivity index (χ1n) is 10.6. The molecule has 3 aromatic carbocycles. The normalized spacial score (nSPS) is 17.3. The second kappa shape index (κ2) is 9.78. The van der Waals surface area contributed by atoms with Gasteiger partial charge in [-0.2, -0.15) is 13.2 Å². The van der Waals surface area contributed by atoms with Crippen LogP contribution in [0.5, 0.6) is 11.5 Å². The molecule has 0 radical (unpaired) electrons. The Bertz CT molecular complexity index is 1420. The highest BCUT2D eigenvalue weighted by atomic mass is 35.5. The minimum Gasteiger partial charge on any atom is -0.507 e. The lowest BCUT2D eigenvalue weighted by atomic mass is 9.94. The van der Waals surface area contributed by atoms with Gasteiger partial charge in [-0.3, -0.25) is 14.5 Å². The molecular formula is C26H18ClF4NO5. The van der Waals surface area contributed by atoms with Gasteiger partial charge < -0.3 is 14.6 Å². The van der Waals surface area contributed by atoms with Gasteiger partial charge in [0.2, 0.25) is 0 Å². The Kier molecular flexibility index (Phi) is 6.88. The molecule has 0 bridgehead atoms. The Morgan fingerprint density at radius 1 is 0.973 bits per heavy atom. The number of rotatable bonds is 5. The third-order valence-electron chi connectivity index (χ3n) is 5.81. The molecular weight excluding hydrogens is 518 g/mol. The Morgan fingerprint density at radius 3 is 2.22 bits per heavy atom. The van der Waals surface area contributed by atoms with E-state index < -0.39 is 46.6 Å². The molecule has 0 saturated carbocycles. The number of aliphatic hydroxyl groups is 1. The first-order valence-corrected chi connectivity index (χ1v) is 11.0. The molecule has 1 aliphatic rings. The number of ketones is 1. The molecule has 1 heterocycles. The molecule has 1 unspecified atom stereocenters. The summed E-state index contributed by atoms with van der Waals surface area (Å²) in [7, 11) is 2.65. The SMILES string of the molecule is COc1cc(OC)c(/C(O)=C2\C(=O)C(=O)N(c3cccc(C(F)(F)F)c3)C2c2ccc(F)cc2)cc1Cl. The monoisotopic (exact) mass is 535 g/mol. The number of methoxy groups -OCH3 is 2. The number of halogens is 5. The summed E-state index contributed by atoms with van der Waals surface area (Å²) in [5.41, 5.74) is -1.65. The van der Waals surface area contributed by atoms with Gasteiger partial charge in [-0.1, -0.05) is 29.8 Å². The van der Waals surface area contributed by atoms with Crippen LogP contribution in [0.4, 0.5) is 23.2 Å². The number of hydrogen-bond donors (Lipinski definition) is 1. The van der Waals surface area contributed by atoms with Gasteiger partial charge in [-0.05, 0) is 42.0 Å². The van der Waals surface area contributed by atoms with Crippen molar-refractivity contribution in [2.24, 2.45) is 0 Å². The van der Waals surface area contributed by atoms with E-state index in [0.29, 0.717) is 6.07 Å². The lowest BCUT2D eigenvalue weighted by Gasteiger charge is -2.26. The number of ether oxygens (including phenoxy) is 2. The number of alkyl halides is 3. The van der Waals surface area contributed by atoms with Crippen LogP contribution in [0, 0.1) is 5.82 Å². The van der Waals surface area contributed by atoms with Gasteiger partial charge >= 0.3 is 6.18 Å². The van der Waals surface area contributed by atoms with E-state index in [1.807, 2.05) is 0 Å². The van der Waals surface area contributed by atoms with Crippen LogP contribution in [0.2, 0.25) is 5.02 Å². The summed E-state index contributed by atoms with van der Waals surface area (Å²) in [4.78, 5) is 27.3. The van der Waals surface area contributed by atoms with Crippen molar-refractivity contribution in [2.75, 3.05) is 19.1 Å². The topological polar surface area (TPSA) is 76.1 Å². The van der Waals surface area contributed by atoms with Gasteiger partial charge in [0.1, 0.15) is 23.1 Å². The van der Waals surface area contributed by atoms with Gasteiger partial charge in [0.15, 0.2) is 0 Å². The number of anilines is 1. The molecule has 1 saturated heterocycles. The van der Waals surface area contributed by atoms with E-state index in [1.54, 1.807) is 0 Å². The zero-order valence-electron chi connectivity index (χ0n) is 19.3. The number of benzene rings is 3. The van der Waals surface area contributed by atoms with Crippen LogP contribution in [0.1, 0.15) is 22.7 Å². The molecule has 1 N–H and O–H groups in total. The summed E-state index contributed by atoms with van der Waals surface area (Å²) in [5.74, 6) is -3.42. The average molecular weight is 536 g/mol. The zero-order valence-corrected chi connectivity index (χ0v) is 20.0. The molecule has 0 aromatic heterocycles. The van der Waals surface area contributed by atoms with Crippen molar-refractivity contribution in [3.8, 4) is 11.5 Å². The van der Waals surface area contributed by atoms with Crippen LogP contribution in [0.25, 0.3) is 5.76 Å². The number of Topliss-reactive ketones (excluding diaryl/α,β-unsaturated/α-hetero) is 1. The fourth-order valence-electron chi connectivity index (χ4n) is 4.08. The number of carbonyl (C=O) groups excluding carboxylic acids is 2. The fourth-order valence-corrected chi connectivity index (χ4v) is 4.32. The highest BCUT2D eigenvalue weighted by molar-refractivity contribution is 6.51. The zero-order chi connectivity index (χ0) is 27.1. The van der Waals surface area contributed by atoms with Crippen molar-refractivity contribution >= 4 is 34.7 Å². The summed E-state index contributed by atoms with van der Waals surface area (Å²) >= 11 is 6.21. The van der Waals surface area contributed by atoms with Crippen LogP contribution >= 0.6 is 11.6 Å². The van der Waals surface area contributed by atoms with E-state index in [-0.39, 0.29) is 33.3 Å². The van der Waals surface area contributed by atoms with Crippen molar-refractivity contribution < 1.29 is 41.7 Å². The smallest absolute Gasteiger partial charge is 0.416 e. The molecule has 0 spiro atoms. The van der Waals surface area contributed by atoms with Crippen LogP contribution < -0.4 is 14.4 Å². The number of hydrogen-bond acceptors (Lipinski definition) is 5. The first-order chi connectivity index (χ1) is 17.5. The van der Waals surface area contributed by atoms with Gasteiger partial charge in [-0.15, -0.1) is 0 Å². The molecule has 4 rings (SSSR count). The lowest BCUT2D eigenvalue weighted by Crippen LogP contribution is -2.29. The maximum Gasteiger partial charge on any atom is 0.416 e. The van der Waals surface area contributed by atoms with Crippen LogP contribution in [0.15, 0.2) is 66.2 Å². The number of nitrogens with zero attached hydrogens (tertiary/aromatic N) is 1. The molecule has 1 aliphatic heterocycles. The Balaban J connectivity index is 1.99. The summed E-state index contributed by atoms with van der Waals surface area (Å²) < 4.78 is 64.3. The quantitative estimate of drug-likeness (QED) is 0.184. The molecule has 37 heavy (non-hydrogen) atoms. The molecule has 192 valence electrons. The van der Waals surface area contributed by atoms with E-state index >= 15 is 0 Å². The fraction of sp³-hybridized carbons (Fsp3) is 0.154. The standard InChI is InChI=1S/C26H18ClF4NO5/c1-36-19-12-20(37-2)18(27)11-17(19)23(33)21-22(13-6-8-15(28)9-7-13)32(25(35)24(21)34)16-5-3-4-14(10-16)26(29,30)31/h3-12,22,33H,1-2H3/b23-21+. The summed E-state index contributed by atoms with van der Waals surface area (Å²) in [6, 6.07) is 9.71. The summed E-state index contributed by atoms with van der Waals surface area (Å²) in [6.07, 6.45) is -4.72. The Morgan fingerprint density at radius 2 is 1.62 bits per heavy atom. The van der Waals surface area contributed by atoms with Gasteiger partial charge in [0.05, 0.1) is 42.0 Å². The van der Waals surface area contributed by atoms with Gasteiger partial charge in [0, 0.05) is 11.8 Å². The van der Waals surface area contributed by atoms with Gasteiger partial charge in [0.25, 0.3) is 11.7 Å². The van der Waals surface area contributed by atoms with E-state index in [9.17, 15) is 32.3 Å². The van der Waals surface area contributed by atoms with E-state index in [1.165, 1.54) is 44.6 Å². The lowest BCUT2D eigenvalue weighted by molar-refractivity contribution is -0.137. The van der Waals surface area contributed by atoms with Crippen molar-refractivity contribution in [1.29, 1.82) is 0 Å². The Labute approximate surface area is 213 Å². The number of aliphatic hydroxyl groups excluding tert-OH is 1. The molecule has 1 fully saturated rings. The predicted octanol–water partition coefficient (Wildman–Crippen LogP) is 6.14. The van der Waals surface area contributed by atoms with Crippen molar-refractivity contribution in [3.05, 3.63) is 93.8 Å². The highest BCUT2D eigenvalue weighted by Crippen LogP contribution is 2.45. The molecule has 6 nitrogen and oxygen atoms in total. The summed E-state index contributed by atoms with van der Waals surface area (Å²) in [6.45, 7) is 0. The van der Waals surface area contributed by atoms with E-state index in [4.69, 9.17) is 21.1 Å². The highest BCUT2D eigenvalue weighted by Gasteiger charge is 2.47. The van der Waals surface area contributed by atoms with Crippen molar-refractivity contribution in [3.63, 3.8) is 0 Å². The minimum absolute atomic E-state index is 0.0434. The van der Waals surface area contributed by atoms with Crippen molar-refractivity contribution in [2.45, 2.75) is 12.2 Å². The number of carbonyl (C=O) groups is 2. The van der Waals surface area contributed by atoms with Crippen molar-refractivity contribution in [1.82, 2.24) is 0 Å². The molecule has 1 atom stereocenters. The van der Waals surface area contributed by atoms with Crippen LogP contribution in [-0.4, -0.2) is 31.0 Å². The third-order valence-corrected chi connectivity index (χ3v) is 6.11. The summed E-state index contributed by atoms with van der Waals surface area (Å²) in [5, 5.41) is 11.3. The average Bonchev–Trinajstić information content (AvgIpc) is 3.13. The first kappa shape index (κ1) is 26.0. The maximum atomic E-state index is 13.7. The van der Waals surface area contributed by atoms with Gasteiger partial charge in [-0.25, -0.2) is 4.39 Å². The largest absolute Gasteiger partial charge is 0.507 e. The second-order valence-corrected chi connectivity index (χ2v) is 8.36. The Hall–Kier alpha value is -4.05. The molecule has 1 amide bonds. The van der Waals surface area contributed by atoms with E-state index in [0.717, 1.165) is 29.2 Å². The predicted molar refractivity (Wildman–Crippen MR) is 127 cm³/mol. The van der Waals surface area contributed by atoms with Crippen LogP contribution in [-0.2, 0) is 15.8 Å². The number of amides is 1. The minimum atomic E-state index is -4.72. The van der Waals surface area contributed by atoms with E-state index in [2.05, 4.69) is 0 Å². The van der Waals surface area contributed by atoms with Crippen LogP contribution in [0.3, 0.4) is 0 Å². The molecule has 11 heteroatoms. The third kappa shape index (κ3) is 4.72. The molecule has 3 aromatic rings. The maximum absolute atomic E-state index is 13.7. The molecule has 0 aliphatic carbocycles.